The molecule has 1 aromatic rings. The summed E-state index contributed by atoms with van der Waals surface area (Å²) in [6.45, 7) is 0. The number of phenolic OH excluding ortho intramolecular Hbond substituents is 1. The summed E-state index contributed by atoms with van der Waals surface area (Å²) in [4.78, 5) is 0. The van der Waals surface area contributed by atoms with Gasteiger partial charge in [-0.2, -0.15) is 0 Å². The molecule has 14 heavy (non-hydrogen) atoms. The molecule has 0 saturated carbocycles. The van der Waals surface area contributed by atoms with Crippen LogP contribution in [0.15, 0.2) is 24.3 Å². The lowest BCUT2D eigenvalue weighted by molar-refractivity contribution is 0.473. The number of nitrogens with one attached hydrogen (secondary N) is 1. The van der Waals surface area contributed by atoms with E-state index in [1.54, 1.807) is 12.1 Å². The van der Waals surface area contributed by atoms with E-state index < -0.39 is 0 Å². The number of rotatable bonds is 1. The van der Waals surface area contributed by atoms with Crippen LogP contribution in [0.2, 0.25) is 0 Å². The minimum absolute atomic E-state index is 0.366. The minimum atomic E-state index is 0.366. The molecule has 74 valence electrons. The lowest BCUT2D eigenvalue weighted by Gasteiger charge is -2.20. The Kier molecular flexibility index (Phi) is 1.77. The topological polar surface area (TPSA) is 32.3 Å². The molecule has 0 amide bonds. The van der Waals surface area contributed by atoms with Crippen molar-refractivity contribution in [3.63, 3.8) is 0 Å². The molecular weight excluding hydrogens is 174 g/mol. The fraction of sp³-hybridized carbons (Fsp3) is 0.500. The third kappa shape index (κ3) is 1.22. The Morgan fingerprint density at radius 3 is 2.50 bits per heavy atom. The Morgan fingerprint density at radius 2 is 1.93 bits per heavy atom. The molecule has 1 aromatic carbocycles. The smallest absolute Gasteiger partial charge is 0.115 e. The molecule has 0 aliphatic carbocycles. The van der Waals surface area contributed by atoms with Gasteiger partial charge in [0, 0.05) is 18.0 Å². The summed E-state index contributed by atoms with van der Waals surface area (Å²) in [5.41, 5.74) is 1.38. The van der Waals surface area contributed by atoms with E-state index in [1.165, 1.54) is 24.8 Å². The van der Waals surface area contributed by atoms with Crippen LogP contribution in [-0.4, -0.2) is 17.2 Å². The highest BCUT2D eigenvalue weighted by Gasteiger charge is 2.39. The second-order valence-electron chi connectivity index (χ2n) is 4.48. The summed E-state index contributed by atoms with van der Waals surface area (Å²) in [5.74, 6) is 1.04. The second-order valence-corrected chi connectivity index (χ2v) is 4.48. The number of fused-ring (bicyclic) bond motifs is 2. The van der Waals surface area contributed by atoms with Crippen molar-refractivity contribution in [3.8, 4) is 5.75 Å². The van der Waals surface area contributed by atoms with Crippen molar-refractivity contribution in [2.24, 2.45) is 0 Å². The predicted molar refractivity (Wildman–Crippen MR) is 55.4 cm³/mol. The molecule has 3 rings (SSSR count). The van der Waals surface area contributed by atoms with Crippen molar-refractivity contribution in [2.45, 2.75) is 37.3 Å². The fourth-order valence-electron chi connectivity index (χ4n) is 2.91. The van der Waals surface area contributed by atoms with Crippen LogP contribution in [0.3, 0.4) is 0 Å². The first-order chi connectivity index (χ1) is 6.83. The lowest BCUT2D eigenvalue weighted by atomic mass is 9.84. The van der Waals surface area contributed by atoms with Crippen molar-refractivity contribution in [1.82, 2.24) is 5.32 Å². The largest absolute Gasteiger partial charge is 0.508 e. The van der Waals surface area contributed by atoms with Gasteiger partial charge in [-0.25, -0.2) is 0 Å². The van der Waals surface area contributed by atoms with E-state index in [2.05, 4.69) is 17.4 Å². The number of phenols is 1. The highest BCUT2D eigenvalue weighted by molar-refractivity contribution is 5.31. The lowest BCUT2D eigenvalue weighted by Crippen LogP contribution is -2.21. The van der Waals surface area contributed by atoms with Gasteiger partial charge in [0.15, 0.2) is 0 Å². The first-order valence-electron chi connectivity index (χ1n) is 5.38. The summed E-state index contributed by atoms with van der Waals surface area (Å²) in [7, 11) is 0. The van der Waals surface area contributed by atoms with Crippen LogP contribution >= 0.6 is 0 Å². The molecular formula is C12H15NO. The molecule has 3 atom stereocenters. The quantitative estimate of drug-likeness (QED) is 0.708. The van der Waals surface area contributed by atoms with Crippen LogP contribution in [0, 0.1) is 0 Å². The minimum Gasteiger partial charge on any atom is -0.508 e. The van der Waals surface area contributed by atoms with Gasteiger partial charge in [-0.15, -0.1) is 0 Å². The van der Waals surface area contributed by atoms with Crippen molar-refractivity contribution >= 4 is 0 Å². The van der Waals surface area contributed by atoms with Gasteiger partial charge < -0.3 is 10.4 Å². The molecule has 2 heterocycles. The van der Waals surface area contributed by atoms with E-state index in [4.69, 9.17) is 0 Å². The van der Waals surface area contributed by atoms with Crippen LogP contribution in [0.4, 0.5) is 0 Å². The fourth-order valence-corrected chi connectivity index (χ4v) is 2.91. The van der Waals surface area contributed by atoms with Crippen molar-refractivity contribution < 1.29 is 5.11 Å². The van der Waals surface area contributed by atoms with Gasteiger partial charge in [-0.3, -0.25) is 0 Å². The number of hydrogen-bond acceptors (Lipinski definition) is 2. The van der Waals surface area contributed by atoms with Crippen LogP contribution in [0.1, 0.15) is 30.7 Å². The molecule has 0 radical (unpaired) electrons. The summed E-state index contributed by atoms with van der Waals surface area (Å²) >= 11 is 0. The molecule has 2 fully saturated rings. The van der Waals surface area contributed by atoms with E-state index in [9.17, 15) is 5.11 Å². The first kappa shape index (κ1) is 8.30. The summed E-state index contributed by atoms with van der Waals surface area (Å²) < 4.78 is 0. The maximum Gasteiger partial charge on any atom is 0.115 e. The third-order valence-corrected chi connectivity index (χ3v) is 3.62. The maximum absolute atomic E-state index is 9.22. The van der Waals surface area contributed by atoms with E-state index in [-0.39, 0.29) is 0 Å². The Morgan fingerprint density at radius 1 is 1.14 bits per heavy atom. The Balaban J connectivity index is 1.86. The highest BCUT2D eigenvalue weighted by atomic mass is 16.3. The van der Waals surface area contributed by atoms with E-state index >= 15 is 0 Å². The van der Waals surface area contributed by atoms with Gasteiger partial charge in [-0.1, -0.05) is 12.1 Å². The molecule has 2 saturated heterocycles. The van der Waals surface area contributed by atoms with Gasteiger partial charge in [0.25, 0.3) is 0 Å². The second kappa shape index (κ2) is 2.99. The number of hydrogen-bond donors (Lipinski definition) is 2. The predicted octanol–water partition coefficient (Wildman–Crippen LogP) is 2.00. The van der Waals surface area contributed by atoms with Gasteiger partial charge in [0.1, 0.15) is 5.75 Å². The average Bonchev–Trinajstić information content (AvgIpc) is 2.80. The standard InChI is InChI=1S/C12H15NO/c14-10-4-1-8(2-5-10)11-7-9-3-6-12(11)13-9/h1-2,4-5,9,11-14H,3,6-7H2. The zero-order chi connectivity index (χ0) is 9.54. The average molecular weight is 189 g/mol. The maximum atomic E-state index is 9.22. The van der Waals surface area contributed by atoms with E-state index in [1.807, 2.05) is 0 Å². The third-order valence-electron chi connectivity index (χ3n) is 3.62. The van der Waals surface area contributed by atoms with Gasteiger partial charge >= 0.3 is 0 Å². The van der Waals surface area contributed by atoms with Gasteiger partial charge in [-0.05, 0) is 37.0 Å². The number of aromatic hydroxyl groups is 1. The molecule has 2 aliphatic heterocycles. The van der Waals surface area contributed by atoms with E-state index in [0.717, 1.165) is 6.04 Å². The zero-order valence-electron chi connectivity index (χ0n) is 8.11. The number of benzene rings is 1. The Bertz CT molecular complexity index is 333. The Hall–Kier alpha value is -1.02. The van der Waals surface area contributed by atoms with Gasteiger partial charge in [0.2, 0.25) is 0 Å². The van der Waals surface area contributed by atoms with Crippen LogP contribution < -0.4 is 5.32 Å². The molecule has 2 aliphatic rings. The van der Waals surface area contributed by atoms with Crippen LogP contribution in [0.25, 0.3) is 0 Å². The van der Waals surface area contributed by atoms with Crippen molar-refractivity contribution in [2.75, 3.05) is 0 Å². The Labute approximate surface area is 84.0 Å². The van der Waals surface area contributed by atoms with Crippen molar-refractivity contribution in [1.29, 1.82) is 0 Å². The zero-order valence-corrected chi connectivity index (χ0v) is 8.11. The first-order valence-corrected chi connectivity index (χ1v) is 5.38. The molecule has 0 spiro atoms. The molecule has 2 nitrogen and oxygen atoms in total. The van der Waals surface area contributed by atoms with Crippen LogP contribution in [-0.2, 0) is 0 Å². The molecule has 2 heteroatoms. The summed E-state index contributed by atoms with van der Waals surface area (Å²) in [6.07, 6.45) is 3.94. The highest BCUT2D eigenvalue weighted by Crippen LogP contribution is 2.40. The SMILES string of the molecule is Oc1ccc(C2CC3CCC2N3)cc1. The summed E-state index contributed by atoms with van der Waals surface area (Å²) in [5, 5.41) is 12.8. The van der Waals surface area contributed by atoms with Gasteiger partial charge in [0.05, 0.1) is 0 Å². The molecule has 3 unspecified atom stereocenters. The molecule has 0 aromatic heterocycles. The summed E-state index contributed by atoms with van der Waals surface area (Å²) in [6, 6.07) is 9.14. The monoisotopic (exact) mass is 189 g/mol. The van der Waals surface area contributed by atoms with E-state index in [0.29, 0.717) is 17.7 Å². The molecule has 2 bridgehead atoms. The normalized spacial score (nSPS) is 35.0. The van der Waals surface area contributed by atoms with Crippen molar-refractivity contribution in [3.05, 3.63) is 29.8 Å². The van der Waals surface area contributed by atoms with Crippen LogP contribution in [0.5, 0.6) is 5.75 Å². The molecule has 2 N–H and O–H groups in total.